The van der Waals surface area contributed by atoms with Crippen molar-refractivity contribution in [1.82, 2.24) is 0 Å². The Morgan fingerprint density at radius 3 is 2.39 bits per heavy atom. The van der Waals surface area contributed by atoms with Crippen molar-refractivity contribution in [2.45, 2.75) is 59.5 Å². The van der Waals surface area contributed by atoms with E-state index < -0.39 is 5.60 Å². The summed E-state index contributed by atoms with van der Waals surface area (Å²) in [4.78, 5) is 24.0. The van der Waals surface area contributed by atoms with Crippen molar-refractivity contribution < 1.29 is 19.1 Å². The molecule has 1 unspecified atom stereocenters. The second-order valence-corrected chi connectivity index (χ2v) is 6.89. The van der Waals surface area contributed by atoms with Gasteiger partial charge in [0.05, 0.1) is 12.7 Å². The molecule has 0 bridgehead atoms. The van der Waals surface area contributed by atoms with E-state index in [1.165, 1.54) is 7.11 Å². The fourth-order valence-corrected chi connectivity index (χ4v) is 2.60. The van der Waals surface area contributed by atoms with Crippen molar-refractivity contribution in [3.63, 3.8) is 0 Å². The van der Waals surface area contributed by atoms with Crippen LogP contribution < -0.4 is 0 Å². The fraction of sp³-hybridized carbons (Fsp3) is 0.579. The van der Waals surface area contributed by atoms with E-state index >= 15 is 0 Å². The maximum Gasteiger partial charge on any atom is 0.338 e. The molecule has 0 aliphatic rings. The molecule has 4 heteroatoms. The number of hydrogen-bond acceptors (Lipinski definition) is 4. The zero-order chi connectivity index (χ0) is 17.6. The Labute approximate surface area is 139 Å². The molecule has 0 N–H and O–H groups in total. The highest BCUT2D eigenvalue weighted by molar-refractivity contribution is 5.91. The zero-order valence-electron chi connectivity index (χ0n) is 15.1. The molecule has 0 aliphatic heterocycles. The Kier molecular flexibility index (Phi) is 6.79. The number of carbonyl (C=O) groups is 2. The number of esters is 2. The van der Waals surface area contributed by atoms with Gasteiger partial charge in [0.25, 0.3) is 0 Å². The lowest BCUT2D eigenvalue weighted by Crippen LogP contribution is -2.25. The minimum atomic E-state index is -0.477. The van der Waals surface area contributed by atoms with E-state index in [1.807, 2.05) is 39.8 Å². The van der Waals surface area contributed by atoms with Crippen LogP contribution >= 0.6 is 0 Å². The quantitative estimate of drug-likeness (QED) is 0.745. The van der Waals surface area contributed by atoms with Gasteiger partial charge in [0.1, 0.15) is 5.60 Å². The Hall–Kier alpha value is -1.84. The lowest BCUT2D eigenvalue weighted by atomic mass is 9.90. The van der Waals surface area contributed by atoms with E-state index in [-0.39, 0.29) is 17.9 Å². The molecule has 128 valence electrons. The number of carbonyl (C=O) groups excluding carboxylic acids is 2. The third-order valence-electron chi connectivity index (χ3n) is 3.55. The monoisotopic (exact) mass is 320 g/mol. The molecule has 4 nitrogen and oxygen atoms in total. The predicted molar refractivity (Wildman–Crippen MR) is 90.5 cm³/mol. The molecule has 0 fully saturated rings. The summed E-state index contributed by atoms with van der Waals surface area (Å²) in [5, 5.41) is 0. The van der Waals surface area contributed by atoms with Crippen LogP contribution in [0, 0.1) is 5.92 Å². The maximum absolute atomic E-state index is 12.0. The standard InChI is InChI=1S/C19H28O4/c1-7-14-9-8-10-15(18(21)22-6)16(14)11-13(2)12-17(20)23-19(3,4)5/h8-10,13H,7,11-12H2,1-6H3. The van der Waals surface area contributed by atoms with Gasteiger partial charge in [-0.05, 0) is 56.7 Å². The van der Waals surface area contributed by atoms with Crippen LogP contribution in [0.2, 0.25) is 0 Å². The van der Waals surface area contributed by atoms with Crippen molar-refractivity contribution in [3.8, 4) is 0 Å². The van der Waals surface area contributed by atoms with Crippen LogP contribution in [0.5, 0.6) is 0 Å². The first-order valence-corrected chi connectivity index (χ1v) is 8.08. The topological polar surface area (TPSA) is 52.6 Å². The summed E-state index contributed by atoms with van der Waals surface area (Å²) < 4.78 is 10.2. The second kappa shape index (κ2) is 8.14. The first-order chi connectivity index (χ1) is 10.7. The van der Waals surface area contributed by atoms with Gasteiger partial charge < -0.3 is 9.47 Å². The van der Waals surface area contributed by atoms with Crippen LogP contribution in [0.25, 0.3) is 0 Å². The van der Waals surface area contributed by atoms with Gasteiger partial charge >= 0.3 is 11.9 Å². The normalized spacial score (nSPS) is 12.6. The first kappa shape index (κ1) is 19.2. The van der Waals surface area contributed by atoms with E-state index in [0.29, 0.717) is 18.4 Å². The molecule has 1 aromatic rings. The molecule has 1 atom stereocenters. The summed E-state index contributed by atoms with van der Waals surface area (Å²) in [5.74, 6) is -0.459. The van der Waals surface area contributed by atoms with Gasteiger partial charge in [-0.15, -0.1) is 0 Å². The third kappa shape index (κ3) is 6.05. The number of ether oxygens (including phenoxy) is 2. The second-order valence-electron chi connectivity index (χ2n) is 6.89. The number of methoxy groups -OCH3 is 1. The SMILES string of the molecule is CCc1cccc(C(=O)OC)c1CC(C)CC(=O)OC(C)(C)C. The van der Waals surface area contributed by atoms with E-state index in [0.717, 1.165) is 17.5 Å². The summed E-state index contributed by atoms with van der Waals surface area (Å²) in [7, 11) is 1.38. The molecular formula is C19H28O4. The predicted octanol–water partition coefficient (Wildman–Crippen LogP) is 3.95. The van der Waals surface area contributed by atoms with Crippen LogP contribution in [-0.4, -0.2) is 24.6 Å². The summed E-state index contributed by atoms with van der Waals surface area (Å²) in [5.41, 5.74) is 2.19. The Morgan fingerprint density at radius 1 is 1.22 bits per heavy atom. The summed E-state index contributed by atoms with van der Waals surface area (Å²) >= 11 is 0. The van der Waals surface area contributed by atoms with Crippen LogP contribution in [-0.2, 0) is 27.1 Å². The molecule has 23 heavy (non-hydrogen) atoms. The van der Waals surface area contributed by atoms with Gasteiger partial charge in [-0.1, -0.05) is 26.0 Å². The van der Waals surface area contributed by atoms with Gasteiger partial charge in [0.15, 0.2) is 0 Å². The Bertz CT molecular complexity index is 555. The molecule has 0 amide bonds. The van der Waals surface area contributed by atoms with Gasteiger partial charge in [-0.3, -0.25) is 4.79 Å². The number of hydrogen-bond donors (Lipinski definition) is 0. The number of aryl methyl sites for hydroxylation is 1. The van der Waals surface area contributed by atoms with Crippen LogP contribution in [0.1, 0.15) is 62.5 Å². The number of rotatable bonds is 6. The molecule has 0 saturated heterocycles. The molecule has 0 aromatic heterocycles. The van der Waals surface area contributed by atoms with Crippen molar-refractivity contribution >= 4 is 11.9 Å². The minimum absolute atomic E-state index is 0.0842. The Morgan fingerprint density at radius 2 is 1.87 bits per heavy atom. The smallest absolute Gasteiger partial charge is 0.338 e. The van der Waals surface area contributed by atoms with E-state index in [4.69, 9.17) is 9.47 Å². The van der Waals surface area contributed by atoms with E-state index in [1.54, 1.807) is 6.07 Å². The molecule has 0 saturated carbocycles. The lowest BCUT2D eigenvalue weighted by Gasteiger charge is -2.21. The summed E-state index contributed by atoms with van der Waals surface area (Å²) in [6, 6.07) is 5.66. The third-order valence-corrected chi connectivity index (χ3v) is 3.55. The van der Waals surface area contributed by atoms with Gasteiger partial charge in [0.2, 0.25) is 0 Å². The average molecular weight is 320 g/mol. The van der Waals surface area contributed by atoms with Crippen molar-refractivity contribution in [2.24, 2.45) is 5.92 Å². The highest BCUT2D eigenvalue weighted by atomic mass is 16.6. The van der Waals surface area contributed by atoms with Gasteiger partial charge in [0, 0.05) is 6.42 Å². The Balaban J connectivity index is 2.90. The largest absolute Gasteiger partial charge is 0.465 e. The van der Waals surface area contributed by atoms with Crippen LogP contribution in [0.3, 0.4) is 0 Å². The number of benzene rings is 1. The minimum Gasteiger partial charge on any atom is -0.465 e. The molecule has 0 heterocycles. The molecular weight excluding hydrogens is 292 g/mol. The fourth-order valence-electron chi connectivity index (χ4n) is 2.60. The molecule has 0 radical (unpaired) electrons. The summed E-state index contributed by atoms with van der Waals surface area (Å²) in [6.45, 7) is 9.63. The van der Waals surface area contributed by atoms with Gasteiger partial charge in [-0.25, -0.2) is 4.79 Å². The van der Waals surface area contributed by atoms with Crippen molar-refractivity contribution in [1.29, 1.82) is 0 Å². The van der Waals surface area contributed by atoms with Gasteiger partial charge in [-0.2, -0.15) is 0 Å². The molecule has 1 aromatic carbocycles. The maximum atomic E-state index is 12.0. The lowest BCUT2D eigenvalue weighted by molar-refractivity contribution is -0.155. The zero-order valence-corrected chi connectivity index (χ0v) is 15.1. The first-order valence-electron chi connectivity index (χ1n) is 8.08. The molecule has 1 rings (SSSR count). The molecule has 0 aliphatic carbocycles. The highest BCUT2D eigenvalue weighted by Crippen LogP contribution is 2.23. The average Bonchev–Trinajstić information content (AvgIpc) is 2.44. The molecule has 0 spiro atoms. The van der Waals surface area contributed by atoms with E-state index in [2.05, 4.69) is 6.92 Å². The van der Waals surface area contributed by atoms with Crippen molar-refractivity contribution in [3.05, 3.63) is 34.9 Å². The van der Waals surface area contributed by atoms with Crippen LogP contribution in [0.15, 0.2) is 18.2 Å². The van der Waals surface area contributed by atoms with E-state index in [9.17, 15) is 9.59 Å². The highest BCUT2D eigenvalue weighted by Gasteiger charge is 2.21. The van der Waals surface area contributed by atoms with Crippen LogP contribution in [0.4, 0.5) is 0 Å². The summed E-state index contributed by atoms with van der Waals surface area (Å²) in [6.07, 6.45) is 1.81. The van der Waals surface area contributed by atoms with Crippen molar-refractivity contribution in [2.75, 3.05) is 7.11 Å².